The number of amides is 2. The standard InChI is InChI=1S/C22H29FN2O5/c1-15-14-30-22(29)18(12-16-6-8-19(23)9-7-16)5-3-2-4-17(21(28)25-15)13-20(27)24-10-11-26/h2-3,6-9,15,17-18,26H,4-5,10-14H2,1H3,(H,24,27)(H,25,28)/b3-2-/t15-,17-,18+/m0/s1. The molecule has 3 N–H and O–H groups in total. The molecular formula is C22H29FN2O5. The molecule has 0 unspecified atom stereocenters. The van der Waals surface area contributed by atoms with Crippen molar-refractivity contribution in [2.45, 2.75) is 38.6 Å². The van der Waals surface area contributed by atoms with E-state index in [1.165, 1.54) is 12.1 Å². The van der Waals surface area contributed by atoms with Crippen LogP contribution in [-0.2, 0) is 25.5 Å². The van der Waals surface area contributed by atoms with Crippen LogP contribution in [0.5, 0.6) is 0 Å². The van der Waals surface area contributed by atoms with Gasteiger partial charge in [-0.25, -0.2) is 4.39 Å². The van der Waals surface area contributed by atoms with Gasteiger partial charge in [0.15, 0.2) is 0 Å². The minimum absolute atomic E-state index is 0.00168. The topological polar surface area (TPSA) is 105 Å². The number of allylic oxidation sites excluding steroid dienone is 2. The van der Waals surface area contributed by atoms with Gasteiger partial charge in [-0.2, -0.15) is 0 Å². The minimum atomic E-state index is -0.562. The number of halogens is 1. The molecule has 8 heteroatoms. The zero-order valence-corrected chi connectivity index (χ0v) is 17.1. The molecular weight excluding hydrogens is 391 g/mol. The van der Waals surface area contributed by atoms with Gasteiger partial charge in [0, 0.05) is 13.0 Å². The Morgan fingerprint density at radius 1 is 1.20 bits per heavy atom. The van der Waals surface area contributed by atoms with Crippen LogP contribution in [0.15, 0.2) is 36.4 Å². The van der Waals surface area contributed by atoms with Gasteiger partial charge in [0.05, 0.1) is 24.5 Å². The first kappa shape index (κ1) is 23.5. The normalized spacial score (nSPS) is 24.0. The summed E-state index contributed by atoms with van der Waals surface area (Å²) in [5, 5.41) is 14.1. The predicted molar refractivity (Wildman–Crippen MR) is 109 cm³/mol. The van der Waals surface area contributed by atoms with E-state index in [-0.39, 0.29) is 49.8 Å². The van der Waals surface area contributed by atoms with Gasteiger partial charge in [0.25, 0.3) is 0 Å². The van der Waals surface area contributed by atoms with Gasteiger partial charge >= 0.3 is 5.97 Å². The van der Waals surface area contributed by atoms with Crippen LogP contribution in [-0.4, -0.2) is 48.7 Å². The molecule has 0 aromatic heterocycles. The van der Waals surface area contributed by atoms with Crippen molar-refractivity contribution in [3.63, 3.8) is 0 Å². The van der Waals surface area contributed by atoms with E-state index in [1.807, 2.05) is 6.08 Å². The average molecular weight is 420 g/mol. The number of benzene rings is 1. The second-order valence-electron chi connectivity index (χ2n) is 7.48. The number of carbonyl (C=O) groups excluding carboxylic acids is 3. The van der Waals surface area contributed by atoms with E-state index in [0.29, 0.717) is 19.3 Å². The van der Waals surface area contributed by atoms with Crippen LogP contribution in [0.3, 0.4) is 0 Å². The zero-order chi connectivity index (χ0) is 21.9. The van der Waals surface area contributed by atoms with Crippen LogP contribution in [0.2, 0.25) is 0 Å². The van der Waals surface area contributed by atoms with Crippen LogP contribution >= 0.6 is 0 Å². The van der Waals surface area contributed by atoms with Crippen LogP contribution < -0.4 is 10.6 Å². The van der Waals surface area contributed by atoms with Gasteiger partial charge in [-0.05, 0) is 43.9 Å². The fourth-order valence-electron chi connectivity index (χ4n) is 3.19. The highest BCUT2D eigenvalue weighted by Crippen LogP contribution is 2.18. The summed E-state index contributed by atoms with van der Waals surface area (Å²) < 4.78 is 18.5. The molecule has 164 valence electrons. The Balaban J connectivity index is 2.08. The van der Waals surface area contributed by atoms with E-state index in [9.17, 15) is 18.8 Å². The number of nitrogens with one attached hydrogen (secondary N) is 2. The van der Waals surface area contributed by atoms with Gasteiger partial charge < -0.3 is 20.5 Å². The Kier molecular flexibility index (Phi) is 9.47. The molecule has 1 aromatic rings. The third kappa shape index (κ3) is 7.94. The summed E-state index contributed by atoms with van der Waals surface area (Å²) in [6, 6.07) is 5.60. The molecule has 2 amide bonds. The Morgan fingerprint density at radius 2 is 1.87 bits per heavy atom. The molecule has 1 aromatic carbocycles. The van der Waals surface area contributed by atoms with Crippen LogP contribution in [0.4, 0.5) is 4.39 Å². The number of cyclic esters (lactones) is 1. The number of hydrogen-bond acceptors (Lipinski definition) is 5. The summed E-state index contributed by atoms with van der Waals surface area (Å²) >= 11 is 0. The van der Waals surface area contributed by atoms with Gasteiger partial charge in [-0.1, -0.05) is 24.3 Å². The number of rotatable bonds is 6. The average Bonchev–Trinajstić information content (AvgIpc) is 2.72. The third-order valence-electron chi connectivity index (χ3n) is 4.84. The third-order valence-corrected chi connectivity index (χ3v) is 4.84. The van der Waals surface area contributed by atoms with Crippen molar-refractivity contribution < 1.29 is 28.6 Å². The number of aliphatic hydroxyl groups excluding tert-OH is 1. The molecule has 3 atom stereocenters. The summed E-state index contributed by atoms with van der Waals surface area (Å²) in [5.41, 5.74) is 0.832. The summed E-state index contributed by atoms with van der Waals surface area (Å²) in [7, 11) is 0. The Morgan fingerprint density at radius 3 is 2.53 bits per heavy atom. The monoisotopic (exact) mass is 420 g/mol. The second kappa shape index (κ2) is 12.1. The highest BCUT2D eigenvalue weighted by Gasteiger charge is 2.25. The maximum absolute atomic E-state index is 13.1. The van der Waals surface area contributed by atoms with Gasteiger partial charge in [0.2, 0.25) is 11.8 Å². The zero-order valence-electron chi connectivity index (χ0n) is 17.1. The smallest absolute Gasteiger partial charge is 0.309 e. The molecule has 0 aliphatic carbocycles. The van der Waals surface area contributed by atoms with Crippen molar-refractivity contribution >= 4 is 17.8 Å². The van der Waals surface area contributed by atoms with Gasteiger partial charge in [0.1, 0.15) is 12.4 Å². The molecule has 0 bridgehead atoms. The number of aliphatic hydroxyl groups is 1. The second-order valence-corrected chi connectivity index (χ2v) is 7.48. The lowest BCUT2D eigenvalue weighted by atomic mass is 9.94. The van der Waals surface area contributed by atoms with Crippen LogP contribution in [0.1, 0.15) is 31.7 Å². The summed E-state index contributed by atoms with van der Waals surface area (Å²) in [5.74, 6) is -2.29. The lowest BCUT2D eigenvalue weighted by Gasteiger charge is -2.22. The van der Waals surface area contributed by atoms with Crippen molar-refractivity contribution in [1.29, 1.82) is 0 Å². The predicted octanol–water partition coefficient (Wildman–Crippen LogP) is 1.50. The lowest BCUT2D eigenvalue weighted by molar-refractivity contribution is -0.149. The molecule has 0 radical (unpaired) electrons. The van der Waals surface area contributed by atoms with Crippen molar-refractivity contribution in [1.82, 2.24) is 10.6 Å². The van der Waals surface area contributed by atoms with Gasteiger partial charge in [-0.3, -0.25) is 14.4 Å². The summed E-state index contributed by atoms with van der Waals surface area (Å²) in [6.45, 7) is 1.73. The molecule has 30 heavy (non-hydrogen) atoms. The Bertz CT molecular complexity index is 750. The maximum atomic E-state index is 13.1. The van der Waals surface area contributed by atoms with E-state index in [1.54, 1.807) is 25.1 Å². The molecule has 1 aliphatic rings. The summed E-state index contributed by atoms with van der Waals surface area (Å²) in [4.78, 5) is 37.0. The van der Waals surface area contributed by atoms with E-state index >= 15 is 0 Å². The number of carbonyl (C=O) groups is 3. The number of ether oxygens (including phenoxy) is 1. The van der Waals surface area contributed by atoms with E-state index < -0.39 is 17.9 Å². The maximum Gasteiger partial charge on any atom is 0.309 e. The molecule has 1 heterocycles. The van der Waals surface area contributed by atoms with E-state index in [2.05, 4.69) is 10.6 Å². The van der Waals surface area contributed by atoms with E-state index in [4.69, 9.17) is 9.84 Å². The minimum Gasteiger partial charge on any atom is -0.463 e. The molecule has 2 rings (SSSR count). The first-order valence-electron chi connectivity index (χ1n) is 10.1. The Hall–Kier alpha value is -2.74. The van der Waals surface area contributed by atoms with Crippen molar-refractivity contribution in [3.8, 4) is 0 Å². The molecule has 7 nitrogen and oxygen atoms in total. The highest BCUT2D eigenvalue weighted by molar-refractivity contribution is 5.86. The number of esters is 1. The molecule has 0 fully saturated rings. The summed E-state index contributed by atoms with van der Waals surface area (Å²) in [6.07, 6.45) is 4.78. The fourth-order valence-corrected chi connectivity index (χ4v) is 3.19. The first-order chi connectivity index (χ1) is 14.4. The SMILES string of the molecule is C[C@H]1COC(=O)[C@@H](Cc2ccc(F)cc2)C/C=C\C[C@@H](CC(=O)NCCO)C(=O)N1. The first-order valence-corrected chi connectivity index (χ1v) is 10.1. The Labute approximate surface area is 175 Å². The molecule has 1 aliphatic heterocycles. The molecule has 0 saturated heterocycles. The molecule has 0 spiro atoms. The van der Waals surface area contributed by atoms with Crippen molar-refractivity contribution in [2.24, 2.45) is 11.8 Å². The van der Waals surface area contributed by atoms with Crippen LogP contribution in [0, 0.1) is 17.7 Å². The molecule has 0 saturated carbocycles. The van der Waals surface area contributed by atoms with E-state index in [0.717, 1.165) is 5.56 Å². The quantitative estimate of drug-likeness (QED) is 0.478. The fraction of sp³-hybridized carbons (Fsp3) is 0.500. The largest absolute Gasteiger partial charge is 0.463 e. The number of hydrogen-bond donors (Lipinski definition) is 3. The lowest BCUT2D eigenvalue weighted by Crippen LogP contribution is -2.42. The van der Waals surface area contributed by atoms with Crippen molar-refractivity contribution in [3.05, 3.63) is 47.8 Å². The highest BCUT2D eigenvalue weighted by atomic mass is 19.1. The van der Waals surface area contributed by atoms with Gasteiger partial charge in [-0.15, -0.1) is 0 Å². The van der Waals surface area contributed by atoms with Crippen LogP contribution in [0.25, 0.3) is 0 Å². The van der Waals surface area contributed by atoms with Crippen molar-refractivity contribution in [2.75, 3.05) is 19.8 Å².